The SMILES string of the molecule is c1ccc(-c2ccc(-c3nc(-c4ccc(-c5ccccc5)cc4)nc(-c4cccc5c4oc4c5c5ccccc5c5oc6ccccc6c54)n3)cc2)cc1. The van der Waals surface area contributed by atoms with E-state index in [0.29, 0.717) is 17.5 Å². The van der Waals surface area contributed by atoms with Gasteiger partial charge in [-0.05, 0) is 39.8 Å². The van der Waals surface area contributed by atoms with E-state index in [1.54, 1.807) is 0 Å². The number of rotatable bonds is 5. The van der Waals surface area contributed by atoms with Crippen LogP contribution in [0.4, 0.5) is 0 Å². The third-order valence-corrected chi connectivity index (χ3v) is 10.4. The van der Waals surface area contributed by atoms with Gasteiger partial charge in [0, 0.05) is 32.7 Å². The summed E-state index contributed by atoms with van der Waals surface area (Å²) >= 11 is 0. The molecule has 0 aliphatic rings. The van der Waals surface area contributed by atoms with Crippen molar-refractivity contribution in [3.05, 3.63) is 176 Å². The first kappa shape index (κ1) is 30.3. The van der Waals surface area contributed by atoms with Gasteiger partial charge in [-0.25, -0.2) is 15.0 Å². The van der Waals surface area contributed by atoms with Crippen LogP contribution in [0.3, 0.4) is 0 Å². The summed E-state index contributed by atoms with van der Waals surface area (Å²) in [7, 11) is 0. The predicted octanol–water partition coefficient (Wildman–Crippen LogP) is 13.2. The van der Waals surface area contributed by atoms with Gasteiger partial charge in [0.2, 0.25) is 0 Å². The molecular formula is C49H29N3O2. The molecule has 0 atom stereocenters. The van der Waals surface area contributed by atoms with Crippen molar-refractivity contribution >= 4 is 54.6 Å². The summed E-state index contributed by atoms with van der Waals surface area (Å²) in [5, 5.41) is 6.15. The third kappa shape index (κ3) is 4.83. The third-order valence-electron chi connectivity index (χ3n) is 10.4. The molecule has 0 radical (unpaired) electrons. The number of hydrogen-bond donors (Lipinski definition) is 0. The minimum Gasteiger partial charge on any atom is -0.455 e. The second-order valence-corrected chi connectivity index (χ2v) is 13.5. The van der Waals surface area contributed by atoms with Crippen LogP contribution in [0.1, 0.15) is 0 Å². The molecule has 11 aromatic rings. The van der Waals surface area contributed by atoms with Gasteiger partial charge in [-0.2, -0.15) is 0 Å². The van der Waals surface area contributed by atoms with E-state index in [1.807, 2.05) is 36.4 Å². The Morgan fingerprint density at radius 2 is 0.759 bits per heavy atom. The van der Waals surface area contributed by atoms with Crippen LogP contribution in [-0.4, -0.2) is 15.0 Å². The van der Waals surface area contributed by atoms with Crippen molar-refractivity contribution in [1.29, 1.82) is 0 Å². The smallest absolute Gasteiger partial charge is 0.167 e. The Morgan fingerprint density at radius 3 is 1.39 bits per heavy atom. The van der Waals surface area contributed by atoms with Gasteiger partial charge in [-0.3, -0.25) is 0 Å². The summed E-state index contributed by atoms with van der Waals surface area (Å²) in [5.41, 5.74) is 10.3. The molecule has 0 unspecified atom stereocenters. The second-order valence-electron chi connectivity index (χ2n) is 13.5. The van der Waals surface area contributed by atoms with Crippen LogP contribution in [-0.2, 0) is 0 Å². The lowest BCUT2D eigenvalue weighted by atomic mass is 9.99. The van der Waals surface area contributed by atoms with Gasteiger partial charge in [0.25, 0.3) is 0 Å². The Hall–Kier alpha value is -7.37. The predicted molar refractivity (Wildman–Crippen MR) is 219 cm³/mol. The minimum absolute atomic E-state index is 0.538. The van der Waals surface area contributed by atoms with Gasteiger partial charge in [0.05, 0.1) is 10.9 Å². The average molecular weight is 692 g/mol. The molecule has 0 aliphatic carbocycles. The van der Waals surface area contributed by atoms with Crippen molar-refractivity contribution in [3.8, 4) is 56.4 Å². The first-order valence-corrected chi connectivity index (χ1v) is 18.0. The number of fused-ring (bicyclic) bond motifs is 10. The van der Waals surface area contributed by atoms with Gasteiger partial charge >= 0.3 is 0 Å². The van der Waals surface area contributed by atoms with Crippen LogP contribution in [0.2, 0.25) is 0 Å². The zero-order valence-corrected chi connectivity index (χ0v) is 28.9. The molecule has 0 spiro atoms. The standard InChI is InChI=1S/C49H29N3O2/c1-3-12-30(13-4-1)32-22-26-34(27-23-32)47-50-48(35-28-24-33(25-29-35)31-14-5-2-6-15-31)52-49(51-47)40-20-11-19-39-42-36-16-7-8-17-37(36)45-43(46(42)54-44(39)40)38-18-9-10-21-41(38)53-45/h1-29H. The van der Waals surface area contributed by atoms with Crippen molar-refractivity contribution in [1.82, 2.24) is 15.0 Å². The van der Waals surface area contributed by atoms with Crippen LogP contribution in [0.15, 0.2) is 185 Å². The molecule has 11 rings (SSSR count). The normalized spacial score (nSPS) is 11.7. The maximum Gasteiger partial charge on any atom is 0.167 e. The number of hydrogen-bond acceptors (Lipinski definition) is 5. The molecule has 5 heteroatoms. The lowest BCUT2D eigenvalue weighted by Gasteiger charge is -2.10. The van der Waals surface area contributed by atoms with Crippen LogP contribution in [0.5, 0.6) is 0 Å². The van der Waals surface area contributed by atoms with Crippen molar-refractivity contribution in [2.24, 2.45) is 0 Å². The molecule has 0 bridgehead atoms. The molecule has 5 nitrogen and oxygen atoms in total. The van der Waals surface area contributed by atoms with Gasteiger partial charge in [-0.1, -0.05) is 164 Å². The molecule has 0 amide bonds. The molecule has 252 valence electrons. The Morgan fingerprint density at radius 1 is 0.278 bits per heavy atom. The first-order valence-electron chi connectivity index (χ1n) is 18.0. The molecule has 0 fully saturated rings. The first-order chi connectivity index (χ1) is 26.8. The maximum absolute atomic E-state index is 6.99. The average Bonchev–Trinajstić information content (AvgIpc) is 3.84. The molecule has 3 heterocycles. The van der Waals surface area contributed by atoms with Crippen molar-refractivity contribution in [2.75, 3.05) is 0 Å². The minimum atomic E-state index is 0.538. The fraction of sp³-hybridized carbons (Fsp3) is 0. The van der Waals surface area contributed by atoms with Gasteiger partial charge in [0.15, 0.2) is 17.5 Å². The molecule has 0 saturated heterocycles. The fourth-order valence-corrected chi connectivity index (χ4v) is 7.74. The Labute approximate surface area is 309 Å². The summed E-state index contributed by atoms with van der Waals surface area (Å²) < 4.78 is 13.5. The number of aromatic nitrogens is 3. The number of para-hydroxylation sites is 2. The highest BCUT2D eigenvalue weighted by molar-refractivity contribution is 6.34. The molecular weight excluding hydrogens is 663 g/mol. The zero-order valence-electron chi connectivity index (χ0n) is 28.9. The highest BCUT2D eigenvalue weighted by Gasteiger charge is 2.23. The summed E-state index contributed by atoms with van der Waals surface area (Å²) in [5.74, 6) is 1.71. The monoisotopic (exact) mass is 691 g/mol. The summed E-state index contributed by atoms with van der Waals surface area (Å²) in [6.45, 7) is 0. The lowest BCUT2D eigenvalue weighted by Crippen LogP contribution is -2.00. The Bertz CT molecular complexity index is 3080. The summed E-state index contributed by atoms with van der Waals surface area (Å²) in [6.07, 6.45) is 0. The fourth-order valence-electron chi connectivity index (χ4n) is 7.74. The van der Waals surface area contributed by atoms with E-state index in [4.69, 9.17) is 23.8 Å². The van der Waals surface area contributed by atoms with Crippen LogP contribution in [0.25, 0.3) is 111 Å². The lowest BCUT2D eigenvalue weighted by molar-refractivity contribution is 0.665. The van der Waals surface area contributed by atoms with E-state index >= 15 is 0 Å². The number of benzene rings is 8. The van der Waals surface area contributed by atoms with E-state index in [9.17, 15) is 0 Å². The van der Waals surface area contributed by atoms with E-state index in [1.165, 1.54) is 0 Å². The number of furan rings is 2. The summed E-state index contributed by atoms with van der Waals surface area (Å²) in [4.78, 5) is 15.4. The van der Waals surface area contributed by atoms with Crippen LogP contribution >= 0.6 is 0 Å². The van der Waals surface area contributed by atoms with Gasteiger partial charge in [-0.15, -0.1) is 0 Å². The van der Waals surface area contributed by atoms with Gasteiger partial charge in [0.1, 0.15) is 22.3 Å². The van der Waals surface area contributed by atoms with Crippen molar-refractivity contribution < 1.29 is 8.83 Å². The van der Waals surface area contributed by atoms with Gasteiger partial charge < -0.3 is 8.83 Å². The Kier molecular flexibility index (Phi) is 6.79. The number of nitrogens with zero attached hydrogens (tertiary/aromatic N) is 3. The molecule has 0 saturated carbocycles. The molecule has 0 N–H and O–H groups in total. The van der Waals surface area contributed by atoms with Crippen molar-refractivity contribution in [2.45, 2.75) is 0 Å². The zero-order chi connectivity index (χ0) is 35.6. The van der Waals surface area contributed by atoms with Crippen molar-refractivity contribution in [3.63, 3.8) is 0 Å². The molecule has 54 heavy (non-hydrogen) atoms. The van der Waals surface area contributed by atoms with Crippen LogP contribution in [0, 0.1) is 0 Å². The van der Waals surface area contributed by atoms with Crippen LogP contribution < -0.4 is 0 Å². The van der Waals surface area contributed by atoms with E-state index in [-0.39, 0.29) is 0 Å². The highest BCUT2D eigenvalue weighted by atomic mass is 16.3. The van der Waals surface area contributed by atoms with E-state index in [0.717, 1.165) is 93.6 Å². The largest absolute Gasteiger partial charge is 0.455 e. The van der Waals surface area contributed by atoms with E-state index < -0.39 is 0 Å². The quantitative estimate of drug-likeness (QED) is 0.180. The Balaban J connectivity index is 1.14. The van der Waals surface area contributed by atoms with E-state index in [2.05, 4.69) is 140 Å². The highest BCUT2D eigenvalue weighted by Crippen LogP contribution is 2.46. The topological polar surface area (TPSA) is 65.0 Å². The summed E-state index contributed by atoms with van der Waals surface area (Å²) in [6, 6.07) is 60.3. The molecule has 3 aromatic heterocycles. The second kappa shape index (κ2) is 12.1. The molecule has 0 aliphatic heterocycles. The molecule has 8 aromatic carbocycles. The maximum atomic E-state index is 6.99.